The number of hydrogen-bond donors (Lipinski definition) is 0. The third-order valence-corrected chi connectivity index (χ3v) is 3.85. The van der Waals surface area contributed by atoms with E-state index in [1.54, 1.807) is 0 Å². The molecule has 0 unspecified atom stereocenters. The van der Waals surface area contributed by atoms with Crippen molar-refractivity contribution in [3.8, 4) is 0 Å². The zero-order chi connectivity index (χ0) is 13.4. The van der Waals surface area contributed by atoms with E-state index in [-0.39, 0.29) is 5.02 Å². The van der Waals surface area contributed by atoms with Gasteiger partial charge in [-0.25, -0.2) is 14.4 Å². The van der Waals surface area contributed by atoms with Crippen molar-refractivity contribution in [3.05, 3.63) is 27.6 Å². The maximum Gasteiger partial charge on any atom is 0.227 e. The fourth-order valence-corrected chi connectivity index (χ4v) is 2.72. The predicted molar refractivity (Wildman–Crippen MR) is 75.2 cm³/mol. The van der Waals surface area contributed by atoms with E-state index >= 15 is 0 Å². The van der Waals surface area contributed by atoms with E-state index in [1.807, 2.05) is 4.90 Å². The molecule has 19 heavy (non-hydrogen) atoms. The first-order valence-electron chi connectivity index (χ1n) is 5.80. The monoisotopic (exact) mass is 345 g/mol. The van der Waals surface area contributed by atoms with Gasteiger partial charge in [0.25, 0.3) is 0 Å². The molecule has 0 bridgehead atoms. The van der Waals surface area contributed by atoms with Crippen LogP contribution >= 0.6 is 27.5 Å². The Morgan fingerprint density at radius 2 is 2.00 bits per heavy atom. The number of halogens is 3. The fourth-order valence-electron chi connectivity index (χ4n) is 2.01. The zero-order valence-electron chi connectivity index (χ0n) is 9.87. The lowest BCUT2D eigenvalue weighted by Gasteiger charge is -2.27. The van der Waals surface area contributed by atoms with Gasteiger partial charge in [-0.05, 0) is 28.1 Å². The number of aromatic nitrogens is 2. The highest BCUT2D eigenvalue weighted by molar-refractivity contribution is 9.10. The normalized spacial score (nSPS) is 16.1. The Labute approximate surface area is 122 Å². The van der Waals surface area contributed by atoms with Crippen LogP contribution in [0.25, 0.3) is 10.9 Å². The van der Waals surface area contributed by atoms with E-state index < -0.39 is 5.82 Å². The van der Waals surface area contributed by atoms with Gasteiger partial charge >= 0.3 is 0 Å². The van der Waals surface area contributed by atoms with Gasteiger partial charge in [0, 0.05) is 18.5 Å². The number of nitrogens with zero attached hydrogens (tertiary/aromatic N) is 3. The van der Waals surface area contributed by atoms with E-state index in [1.165, 1.54) is 12.1 Å². The van der Waals surface area contributed by atoms with Crippen LogP contribution in [-0.4, -0.2) is 36.3 Å². The van der Waals surface area contributed by atoms with Gasteiger partial charge in [0.1, 0.15) is 10.4 Å². The fraction of sp³-hybridized carbons (Fsp3) is 0.333. The minimum atomic E-state index is -0.402. The summed E-state index contributed by atoms with van der Waals surface area (Å²) < 4.78 is 19.2. The predicted octanol–water partition coefficient (Wildman–Crippen LogP) is 3.02. The molecule has 2 heterocycles. The first kappa shape index (κ1) is 13.0. The number of ether oxygens (including phenoxy) is 1. The summed E-state index contributed by atoms with van der Waals surface area (Å²) in [4.78, 5) is 10.8. The second-order valence-electron chi connectivity index (χ2n) is 4.20. The second-order valence-corrected chi connectivity index (χ2v) is 5.36. The van der Waals surface area contributed by atoms with Crippen molar-refractivity contribution in [2.75, 3.05) is 31.2 Å². The van der Waals surface area contributed by atoms with E-state index in [4.69, 9.17) is 16.3 Å². The van der Waals surface area contributed by atoms with Crippen molar-refractivity contribution < 1.29 is 9.13 Å². The first-order chi connectivity index (χ1) is 9.15. The number of morpholine rings is 1. The van der Waals surface area contributed by atoms with Gasteiger partial charge in [-0.2, -0.15) is 0 Å². The van der Waals surface area contributed by atoms with E-state index in [0.29, 0.717) is 34.7 Å². The van der Waals surface area contributed by atoms with Crippen LogP contribution in [0.15, 0.2) is 16.7 Å². The SMILES string of the molecule is Fc1cc(Cl)c2nc(N3CCOCC3)nc(Br)c2c1. The molecule has 0 amide bonds. The molecule has 7 heteroatoms. The molecule has 3 rings (SSSR count). The first-order valence-corrected chi connectivity index (χ1v) is 6.97. The maximum atomic E-state index is 13.3. The summed E-state index contributed by atoms with van der Waals surface area (Å²) in [7, 11) is 0. The van der Waals surface area contributed by atoms with Crippen LogP contribution in [0.5, 0.6) is 0 Å². The van der Waals surface area contributed by atoms with Crippen LogP contribution in [0, 0.1) is 5.82 Å². The zero-order valence-corrected chi connectivity index (χ0v) is 12.2. The molecule has 4 nitrogen and oxygen atoms in total. The number of fused-ring (bicyclic) bond motifs is 1. The molecule has 0 saturated carbocycles. The third kappa shape index (κ3) is 2.52. The van der Waals surface area contributed by atoms with Crippen LogP contribution in [0.2, 0.25) is 5.02 Å². The third-order valence-electron chi connectivity index (χ3n) is 2.95. The summed E-state index contributed by atoms with van der Waals surface area (Å²) in [5, 5.41) is 0.856. The molecule has 1 aromatic heterocycles. The molecular formula is C12H10BrClFN3O. The van der Waals surface area contributed by atoms with Crippen molar-refractivity contribution >= 4 is 44.4 Å². The highest BCUT2D eigenvalue weighted by atomic mass is 79.9. The summed E-state index contributed by atoms with van der Waals surface area (Å²) in [6, 6.07) is 2.63. The van der Waals surface area contributed by atoms with E-state index in [0.717, 1.165) is 13.1 Å². The molecule has 0 radical (unpaired) electrons. The summed E-state index contributed by atoms with van der Waals surface area (Å²) in [6.45, 7) is 2.76. The molecule has 1 fully saturated rings. The maximum absolute atomic E-state index is 13.3. The highest BCUT2D eigenvalue weighted by Gasteiger charge is 2.17. The van der Waals surface area contributed by atoms with Gasteiger partial charge in [0.05, 0.1) is 23.8 Å². The van der Waals surface area contributed by atoms with Crippen LogP contribution in [0.3, 0.4) is 0 Å². The highest BCUT2D eigenvalue weighted by Crippen LogP contribution is 2.30. The molecule has 1 aliphatic heterocycles. The Morgan fingerprint density at radius 1 is 1.26 bits per heavy atom. The minimum Gasteiger partial charge on any atom is -0.378 e. The van der Waals surface area contributed by atoms with E-state index in [9.17, 15) is 4.39 Å². The number of benzene rings is 1. The molecule has 1 aliphatic rings. The lowest BCUT2D eigenvalue weighted by molar-refractivity contribution is 0.122. The van der Waals surface area contributed by atoms with Gasteiger partial charge in [-0.15, -0.1) is 0 Å². The summed E-state index contributed by atoms with van der Waals surface area (Å²) in [5.74, 6) is 0.178. The molecule has 0 aliphatic carbocycles. The molecule has 0 N–H and O–H groups in total. The molecule has 100 valence electrons. The van der Waals surface area contributed by atoms with Gasteiger partial charge < -0.3 is 9.64 Å². The van der Waals surface area contributed by atoms with Gasteiger partial charge in [0.2, 0.25) is 5.95 Å². The smallest absolute Gasteiger partial charge is 0.227 e. The second kappa shape index (κ2) is 5.19. The Balaban J connectivity index is 2.13. The minimum absolute atomic E-state index is 0.285. The summed E-state index contributed by atoms with van der Waals surface area (Å²) in [5.41, 5.74) is 0.548. The lowest BCUT2D eigenvalue weighted by atomic mass is 10.2. The van der Waals surface area contributed by atoms with Crippen molar-refractivity contribution in [2.45, 2.75) is 0 Å². The quantitative estimate of drug-likeness (QED) is 0.744. The van der Waals surface area contributed by atoms with Crippen molar-refractivity contribution in [3.63, 3.8) is 0 Å². The lowest BCUT2D eigenvalue weighted by Crippen LogP contribution is -2.37. The Kier molecular flexibility index (Phi) is 3.56. The molecule has 2 aromatic rings. The topological polar surface area (TPSA) is 38.2 Å². The standard InChI is InChI=1S/C12H10BrClFN3O/c13-11-8-5-7(15)6-9(14)10(8)16-12(17-11)18-1-3-19-4-2-18/h5-6H,1-4H2. The molecule has 1 saturated heterocycles. The Bertz CT molecular complexity index is 634. The summed E-state index contributed by atoms with van der Waals surface area (Å²) in [6.07, 6.45) is 0. The van der Waals surface area contributed by atoms with Crippen LogP contribution < -0.4 is 4.90 Å². The van der Waals surface area contributed by atoms with Crippen LogP contribution in [0.1, 0.15) is 0 Å². The van der Waals surface area contributed by atoms with Crippen molar-refractivity contribution in [1.29, 1.82) is 0 Å². The van der Waals surface area contributed by atoms with Crippen molar-refractivity contribution in [1.82, 2.24) is 9.97 Å². The number of rotatable bonds is 1. The summed E-state index contributed by atoms with van der Waals surface area (Å²) >= 11 is 9.40. The van der Waals surface area contributed by atoms with Gasteiger partial charge in [-0.3, -0.25) is 0 Å². The number of hydrogen-bond acceptors (Lipinski definition) is 4. The van der Waals surface area contributed by atoms with Crippen molar-refractivity contribution in [2.24, 2.45) is 0 Å². The largest absolute Gasteiger partial charge is 0.378 e. The van der Waals surface area contributed by atoms with E-state index in [2.05, 4.69) is 25.9 Å². The molecule has 1 aromatic carbocycles. The van der Waals surface area contributed by atoms with Crippen LogP contribution in [-0.2, 0) is 4.74 Å². The molecule has 0 atom stereocenters. The van der Waals surface area contributed by atoms with Crippen LogP contribution in [0.4, 0.5) is 10.3 Å². The molecule has 0 spiro atoms. The average molecular weight is 347 g/mol. The Hall–Kier alpha value is -0.980. The number of anilines is 1. The van der Waals surface area contributed by atoms with Gasteiger partial charge in [0.15, 0.2) is 0 Å². The molecular weight excluding hydrogens is 337 g/mol. The average Bonchev–Trinajstić information content (AvgIpc) is 2.41. The Morgan fingerprint density at radius 3 is 2.74 bits per heavy atom. The van der Waals surface area contributed by atoms with Gasteiger partial charge in [-0.1, -0.05) is 11.6 Å².